The van der Waals surface area contributed by atoms with E-state index in [1.54, 1.807) is 18.2 Å². The fourth-order valence-corrected chi connectivity index (χ4v) is 1.30. The van der Waals surface area contributed by atoms with Crippen LogP contribution in [-0.2, 0) is 6.61 Å². The summed E-state index contributed by atoms with van der Waals surface area (Å²) >= 11 is 0. The van der Waals surface area contributed by atoms with Gasteiger partial charge in [0.1, 0.15) is 6.61 Å². The summed E-state index contributed by atoms with van der Waals surface area (Å²) in [6.07, 6.45) is 1.31. The Morgan fingerprint density at radius 1 is 1.35 bits per heavy atom. The molecule has 17 heavy (non-hydrogen) atoms. The summed E-state index contributed by atoms with van der Waals surface area (Å²) in [5.74, 6) is -0.889. The van der Waals surface area contributed by atoms with Crippen molar-refractivity contribution in [2.24, 2.45) is 0 Å². The first-order valence-electron chi connectivity index (χ1n) is 4.88. The molecule has 0 aliphatic carbocycles. The van der Waals surface area contributed by atoms with E-state index in [1.807, 2.05) is 0 Å². The Kier molecular flexibility index (Phi) is 3.00. The van der Waals surface area contributed by atoms with Crippen molar-refractivity contribution >= 4 is 5.97 Å². The topological polar surface area (TPSA) is 79.9 Å². The Hall–Kier alpha value is -2.43. The lowest BCUT2D eigenvalue weighted by Crippen LogP contribution is -1.95. The van der Waals surface area contributed by atoms with E-state index >= 15 is 0 Å². The smallest absolute Gasteiger partial charge is 0.371 e. The lowest BCUT2D eigenvalue weighted by Gasteiger charge is -2.05. The summed E-state index contributed by atoms with van der Waals surface area (Å²) in [5, 5.41) is 18.1. The molecule has 2 rings (SSSR count). The Morgan fingerprint density at radius 2 is 2.12 bits per heavy atom. The summed E-state index contributed by atoms with van der Waals surface area (Å²) < 4.78 is 10.1. The van der Waals surface area contributed by atoms with Crippen molar-refractivity contribution in [3.05, 3.63) is 47.9 Å². The molecule has 0 unspecified atom stereocenters. The Balaban J connectivity index is 2.02. The van der Waals surface area contributed by atoms with Crippen LogP contribution in [0.2, 0.25) is 0 Å². The molecule has 1 aromatic heterocycles. The van der Waals surface area contributed by atoms with Gasteiger partial charge in [-0.3, -0.25) is 0 Å². The van der Waals surface area contributed by atoms with Gasteiger partial charge in [0.2, 0.25) is 5.76 Å². The van der Waals surface area contributed by atoms with E-state index in [9.17, 15) is 9.90 Å². The number of aromatic hydroxyl groups is 1. The Bertz CT molecular complexity index is 529. The van der Waals surface area contributed by atoms with Crippen LogP contribution in [0, 0.1) is 0 Å². The number of aromatic carboxylic acids is 1. The number of benzene rings is 1. The van der Waals surface area contributed by atoms with Crippen LogP contribution in [0.25, 0.3) is 0 Å². The lowest BCUT2D eigenvalue weighted by molar-refractivity contribution is 0.0662. The van der Waals surface area contributed by atoms with Crippen LogP contribution in [0.3, 0.4) is 0 Å². The molecule has 5 nitrogen and oxygen atoms in total. The van der Waals surface area contributed by atoms with Crippen LogP contribution in [0.15, 0.2) is 41.0 Å². The fourth-order valence-electron chi connectivity index (χ4n) is 1.30. The number of rotatable bonds is 4. The molecular weight excluding hydrogens is 224 g/mol. The van der Waals surface area contributed by atoms with Crippen molar-refractivity contribution in [3.8, 4) is 11.5 Å². The van der Waals surface area contributed by atoms with Gasteiger partial charge in [0.15, 0.2) is 11.5 Å². The summed E-state index contributed by atoms with van der Waals surface area (Å²) in [4.78, 5) is 10.6. The zero-order valence-electron chi connectivity index (χ0n) is 8.79. The first kappa shape index (κ1) is 11.1. The van der Waals surface area contributed by atoms with Gasteiger partial charge in [0.25, 0.3) is 0 Å². The summed E-state index contributed by atoms with van der Waals surface area (Å²) in [7, 11) is 0. The van der Waals surface area contributed by atoms with Gasteiger partial charge in [-0.05, 0) is 18.2 Å². The molecule has 1 aromatic carbocycles. The van der Waals surface area contributed by atoms with E-state index < -0.39 is 5.97 Å². The predicted molar refractivity (Wildman–Crippen MR) is 58.1 cm³/mol. The second-order valence-corrected chi connectivity index (χ2v) is 3.38. The lowest BCUT2D eigenvalue weighted by atomic mass is 10.3. The van der Waals surface area contributed by atoms with Crippen molar-refractivity contribution in [2.75, 3.05) is 0 Å². The van der Waals surface area contributed by atoms with E-state index in [2.05, 4.69) is 0 Å². The molecule has 0 atom stereocenters. The van der Waals surface area contributed by atoms with Crippen molar-refractivity contribution < 1.29 is 24.2 Å². The van der Waals surface area contributed by atoms with Gasteiger partial charge in [0, 0.05) is 5.56 Å². The molecule has 1 heterocycles. The van der Waals surface area contributed by atoms with Crippen LogP contribution >= 0.6 is 0 Å². The van der Waals surface area contributed by atoms with Gasteiger partial charge in [-0.25, -0.2) is 4.79 Å². The standard InChI is InChI=1S/C12H10O5/c13-9-3-1-2-4-10(9)16-6-8-5-11(12(14)15)17-7-8/h1-5,7,13H,6H2,(H,14,15). The quantitative estimate of drug-likeness (QED) is 0.848. The minimum absolute atomic E-state index is 0.0365. The zero-order valence-corrected chi connectivity index (χ0v) is 8.79. The molecule has 0 aliphatic heterocycles. The first-order valence-corrected chi connectivity index (χ1v) is 4.88. The highest BCUT2D eigenvalue weighted by Crippen LogP contribution is 2.25. The fraction of sp³-hybridized carbons (Fsp3) is 0.0833. The minimum Gasteiger partial charge on any atom is -0.504 e. The molecule has 5 heteroatoms. The van der Waals surface area contributed by atoms with Crippen LogP contribution < -0.4 is 4.74 Å². The number of carboxylic acid groups (broad SMARTS) is 1. The first-order chi connectivity index (χ1) is 8.16. The molecule has 0 saturated heterocycles. The Labute approximate surface area is 96.9 Å². The highest BCUT2D eigenvalue weighted by atomic mass is 16.5. The largest absolute Gasteiger partial charge is 0.504 e. The molecular formula is C12H10O5. The van der Waals surface area contributed by atoms with Crippen molar-refractivity contribution in [3.63, 3.8) is 0 Å². The predicted octanol–water partition coefficient (Wildman–Crippen LogP) is 2.26. The molecule has 0 spiro atoms. The van der Waals surface area contributed by atoms with Gasteiger partial charge in [-0.1, -0.05) is 12.1 Å². The number of carboxylic acids is 1. The number of hydrogen-bond acceptors (Lipinski definition) is 4. The molecule has 88 valence electrons. The molecule has 0 amide bonds. The van der Waals surface area contributed by atoms with Crippen LogP contribution in [-0.4, -0.2) is 16.2 Å². The average Bonchev–Trinajstić information content (AvgIpc) is 2.77. The van der Waals surface area contributed by atoms with Crippen LogP contribution in [0.1, 0.15) is 16.1 Å². The normalized spacial score (nSPS) is 10.1. The molecule has 2 N–H and O–H groups in total. The van der Waals surface area contributed by atoms with Crippen molar-refractivity contribution in [1.82, 2.24) is 0 Å². The third-order valence-corrected chi connectivity index (χ3v) is 2.12. The van der Waals surface area contributed by atoms with E-state index in [-0.39, 0.29) is 18.1 Å². The zero-order chi connectivity index (χ0) is 12.3. The number of hydrogen-bond donors (Lipinski definition) is 2. The number of carbonyl (C=O) groups is 1. The molecule has 0 fully saturated rings. The molecule has 0 bridgehead atoms. The van der Waals surface area contributed by atoms with Crippen LogP contribution in [0.5, 0.6) is 11.5 Å². The molecule has 2 aromatic rings. The van der Waals surface area contributed by atoms with E-state index in [4.69, 9.17) is 14.3 Å². The number of phenolic OH excluding ortho intramolecular Hbond substituents is 1. The van der Waals surface area contributed by atoms with Gasteiger partial charge < -0.3 is 19.4 Å². The SMILES string of the molecule is O=C(O)c1cc(COc2ccccc2O)co1. The summed E-state index contributed by atoms with van der Waals surface area (Å²) in [6, 6.07) is 7.92. The number of para-hydroxylation sites is 2. The summed E-state index contributed by atoms with van der Waals surface area (Å²) in [6.45, 7) is 0.133. The number of ether oxygens (including phenoxy) is 1. The maximum atomic E-state index is 10.6. The van der Waals surface area contributed by atoms with Gasteiger partial charge in [-0.15, -0.1) is 0 Å². The van der Waals surface area contributed by atoms with Gasteiger partial charge >= 0.3 is 5.97 Å². The summed E-state index contributed by atoms with van der Waals surface area (Å²) in [5.41, 5.74) is 0.589. The number of phenols is 1. The van der Waals surface area contributed by atoms with E-state index in [0.29, 0.717) is 11.3 Å². The highest BCUT2D eigenvalue weighted by Gasteiger charge is 2.09. The molecule has 0 saturated carbocycles. The second kappa shape index (κ2) is 4.61. The third kappa shape index (κ3) is 2.57. The van der Waals surface area contributed by atoms with Crippen molar-refractivity contribution in [1.29, 1.82) is 0 Å². The van der Waals surface area contributed by atoms with Crippen LogP contribution in [0.4, 0.5) is 0 Å². The van der Waals surface area contributed by atoms with Gasteiger partial charge in [0.05, 0.1) is 6.26 Å². The molecule has 0 radical (unpaired) electrons. The average molecular weight is 234 g/mol. The highest BCUT2D eigenvalue weighted by molar-refractivity contribution is 5.84. The maximum absolute atomic E-state index is 10.6. The van der Waals surface area contributed by atoms with Gasteiger partial charge in [-0.2, -0.15) is 0 Å². The molecule has 0 aliphatic rings. The third-order valence-electron chi connectivity index (χ3n) is 2.12. The van der Waals surface area contributed by atoms with E-state index in [0.717, 1.165) is 0 Å². The Morgan fingerprint density at radius 3 is 2.76 bits per heavy atom. The van der Waals surface area contributed by atoms with E-state index in [1.165, 1.54) is 18.4 Å². The monoisotopic (exact) mass is 234 g/mol. The maximum Gasteiger partial charge on any atom is 0.371 e. The number of furan rings is 1. The minimum atomic E-state index is -1.13. The second-order valence-electron chi connectivity index (χ2n) is 3.38. The van der Waals surface area contributed by atoms with Crippen molar-refractivity contribution in [2.45, 2.75) is 6.61 Å².